The van der Waals surface area contributed by atoms with Gasteiger partial charge in [-0.3, -0.25) is 9.79 Å². The molecule has 0 bridgehead atoms. The minimum absolute atomic E-state index is 0.106. The van der Waals surface area contributed by atoms with E-state index in [0.29, 0.717) is 31.5 Å². The fourth-order valence-electron chi connectivity index (χ4n) is 2.72. The molecule has 1 saturated carbocycles. The molecule has 0 radical (unpaired) electrons. The second-order valence-corrected chi connectivity index (χ2v) is 6.22. The lowest BCUT2D eigenvalue weighted by atomic mass is 10.2. The van der Waals surface area contributed by atoms with Gasteiger partial charge < -0.3 is 16.0 Å². The molecule has 0 saturated heterocycles. The summed E-state index contributed by atoms with van der Waals surface area (Å²) < 4.78 is 0. The first-order valence-electron chi connectivity index (χ1n) is 8.15. The summed E-state index contributed by atoms with van der Waals surface area (Å²) in [5, 5.41) is 10.2. The minimum atomic E-state index is 0.106. The van der Waals surface area contributed by atoms with E-state index in [2.05, 4.69) is 20.9 Å². The van der Waals surface area contributed by atoms with Crippen molar-refractivity contribution in [1.82, 2.24) is 16.0 Å². The molecule has 5 nitrogen and oxygen atoms in total. The Morgan fingerprint density at radius 1 is 1.30 bits per heavy atom. The number of carbonyl (C=O) groups excluding carboxylic acids is 1. The summed E-state index contributed by atoms with van der Waals surface area (Å²) in [4.78, 5) is 16.0. The molecular formula is C17H25ClN4O. The predicted molar refractivity (Wildman–Crippen MR) is 94.7 cm³/mol. The Labute approximate surface area is 142 Å². The number of guanidine groups is 1. The first-order chi connectivity index (χ1) is 11.2. The van der Waals surface area contributed by atoms with Crippen molar-refractivity contribution < 1.29 is 4.79 Å². The Morgan fingerprint density at radius 3 is 2.78 bits per heavy atom. The number of nitrogens with one attached hydrogen (secondary N) is 3. The van der Waals surface area contributed by atoms with E-state index >= 15 is 0 Å². The number of rotatable bonds is 6. The van der Waals surface area contributed by atoms with Gasteiger partial charge in [-0.15, -0.1) is 0 Å². The highest BCUT2D eigenvalue weighted by atomic mass is 35.5. The fraction of sp³-hybridized carbons (Fsp3) is 0.529. The monoisotopic (exact) mass is 336 g/mol. The molecule has 1 aromatic carbocycles. The third-order valence-electron chi connectivity index (χ3n) is 3.94. The molecule has 0 aromatic heterocycles. The van der Waals surface area contributed by atoms with Crippen LogP contribution in [0.15, 0.2) is 29.3 Å². The van der Waals surface area contributed by atoms with Crippen LogP contribution < -0.4 is 16.0 Å². The largest absolute Gasteiger partial charge is 0.356 e. The highest BCUT2D eigenvalue weighted by Crippen LogP contribution is 2.17. The number of amides is 1. The van der Waals surface area contributed by atoms with E-state index < -0.39 is 0 Å². The SMILES string of the molecule is CN=C(NCCC(=O)NC1CCCC1)NCc1cccc(Cl)c1. The zero-order valence-electron chi connectivity index (χ0n) is 13.6. The molecule has 126 valence electrons. The molecule has 0 unspecified atom stereocenters. The first-order valence-corrected chi connectivity index (χ1v) is 8.53. The van der Waals surface area contributed by atoms with Gasteiger partial charge in [-0.1, -0.05) is 36.6 Å². The normalized spacial score (nSPS) is 15.5. The quantitative estimate of drug-likeness (QED) is 0.552. The second-order valence-electron chi connectivity index (χ2n) is 5.78. The van der Waals surface area contributed by atoms with Crippen LogP contribution in [0.4, 0.5) is 0 Å². The molecule has 6 heteroatoms. The lowest BCUT2D eigenvalue weighted by Crippen LogP contribution is -2.40. The summed E-state index contributed by atoms with van der Waals surface area (Å²) in [6, 6.07) is 8.06. The molecule has 0 heterocycles. The average molecular weight is 337 g/mol. The van der Waals surface area contributed by atoms with Crippen molar-refractivity contribution in [2.24, 2.45) is 4.99 Å². The maximum absolute atomic E-state index is 11.9. The van der Waals surface area contributed by atoms with Gasteiger partial charge in [0.1, 0.15) is 0 Å². The molecule has 3 N–H and O–H groups in total. The zero-order chi connectivity index (χ0) is 16.5. The predicted octanol–water partition coefficient (Wildman–Crippen LogP) is 2.45. The molecule has 1 aliphatic carbocycles. The first kappa shape index (κ1) is 17.6. The van der Waals surface area contributed by atoms with Crippen LogP contribution in [-0.4, -0.2) is 31.5 Å². The minimum Gasteiger partial charge on any atom is -0.356 e. The van der Waals surface area contributed by atoms with Crippen molar-refractivity contribution >= 4 is 23.5 Å². The molecule has 23 heavy (non-hydrogen) atoms. The van der Waals surface area contributed by atoms with E-state index in [0.717, 1.165) is 23.4 Å². The standard InChI is InChI=1S/C17H25ClN4O/c1-19-17(21-12-13-5-4-6-14(18)11-13)20-10-9-16(23)22-15-7-2-3-8-15/h4-6,11,15H,2-3,7-10,12H2,1H3,(H,22,23)(H2,19,20,21). The van der Waals surface area contributed by atoms with Crippen LogP contribution in [-0.2, 0) is 11.3 Å². The van der Waals surface area contributed by atoms with E-state index in [1.807, 2.05) is 24.3 Å². The van der Waals surface area contributed by atoms with Crippen LogP contribution in [0.2, 0.25) is 5.02 Å². The van der Waals surface area contributed by atoms with Gasteiger partial charge >= 0.3 is 0 Å². The molecule has 0 aliphatic heterocycles. The van der Waals surface area contributed by atoms with Gasteiger partial charge in [0.2, 0.25) is 5.91 Å². The summed E-state index contributed by atoms with van der Waals surface area (Å²) in [5.41, 5.74) is 1.08. The van der Waals surface area contributed by atoms with Crippen molar-refractivity contribution in [2.45, 2.75) is 44.7 Å². The van der Waals surface area contributed by atoms with Crippen molar-refractivity contribution in [1.29, 1.82) is 0 Å². The summed E-state index contributed by atoms with van der Waals surface area (Å²) in [6.07, 6.45) is 5.13. The summed E-state index contributed by atoms with van der Waals surface area (Å²) >= 11 is 5.96. The van der Waals surface area contributed by atoms with E-state index in [1.54, 1.807) is 7.05 Å². The average Bonchev–Trinajstić information content (AvgIpc) is 3.03. The van der Waals surface area contributed by atoms with Gasteiger partial charge in [0.15, 0.2) is 5.96 Å². The number of benzene rings is 1. The molecule has 1 fully saturated rings. The summed E-state index contributed by atoms with van der Waals surface area (Å²) in [6.45, 7) is 1.20. The maximum Gasteiger partial charge on any atom is 0.221 e. The summed E-state index contributed by atoms with van der Waals surface area (Å²) in [5.74, 6) is 0.785. The van der Waals surface area contributed by atoms with Crippen LogP contribution in [0.5, 0.6) is 0 Å². The Bertz CT molecular complexity index is 541. The third kappa shape index (κ3) is 6.48. The highest BCUT2D eigenvalue weighted by Gasteiger charge is 2.16. The topological polar surface area (TPSA) is 65.5 Å². The van der Waals surface area contributed by atoms with Gasteiger partial charge in [-0.05, 0) is 30.5 Å². The van der Waals surface area contributed by atoms with Gasteiger partial charge in [-0.25, -0.2) is 0 Å². The van der Waals surface area contributed by atoms with Crippen LogP contribution in [0.3, 0.4) is 0 Å². The second kappa shape index (κ2) is 9.40. The third-order valence-corrected chi connectivity index (χ3v) is 4.17. The number of halogens is 1. The molecule has 1 amide bonds. The van der Waals surface area contributed by atoms with Crippen LogP contribution in [0, 0.1) is 0 Å². The van der Waals surface area contributed by atoms with Crippen LogP contribution in [0.25, 0.3) is 0 Å². The van der Waals surface area contributed by atoms with Crippen molar-refractivity contribution in [3.8, 4) is 0 Å². The number of carbonyl (C=O) groups is 1. The molecule has 1 aromatic rings. The Balaban J connectivity index is 1.65. The Morgan fingerprint density at radius 2 is 2.09 bits per heavy atom. The fourth-order valence-corrected chi connectivity index (χ4v) is 2.93. The lowest BCUT2D eigenvalue weighted by molar-refractivity contribution is -0.121. The van der Waals surface area contributed by atoms with Gasteiger partial charge in [0.25, 0.3) is 0 Å². The van der Waals surface area contributed by atoms with E-state index in [1.165, 1.54) is 12.8 Å². The molecule has 0 spiro atoms. The maximum atomic E-state index is 11.9. The smallest absolute Gasteiger partial charge is 0.221 e. The van der Waals surface area contributed by atoms with E-state index in [-0.39, 0.29) is 5.91 Å². The van der Waals surface area contributed by atoms with Crippen molar-refractivity contribution in [3.05, 3.63) is 34.9 Å². The van der Waals surface area contributed by atoms with Crippen LogP contribution >= 0.6 is 11.6 Å². The number of aliphatic imine (C=N–C) groups is 1. The van der Waals surface area contributed by atoms with E-state index in [4.69, 9.17) is 11.6 Å². The Kier molecular flexibility index (Phi) is 7.20. The van der Waals surface area contributed by atoms with Crippen molar-refractivity contribution in [3.63, 3.8) is 0 Å². The Hall–Kier alpha value is -1.75. The molecule has 0 atom stereocenters. The van der Waals surface area contributed by atoms with Crippen molar-refractivity contribution in [2.75, 3.05) is 13.6 Å². The van der Waals surface area contributed by atoms with Gasteiger partial charge in [0.05, 0.1) is 0 Å². The van der Waals surface area contributed by atoms with Crippen LogP contribution in [0.1, 0.15) is 37.7 Å². The molecule has 1 aliphatic rings. The number of nitrogens with zero attached hydrogens (tertiary/aromatic N) is 1. The highest BCUT2D eigenvalue weighted by molar-refractivity contribution is 6.30. The summed E-state index contributed by atoms with van der Waals surface area (Å²) in [7, 11) is 1.71. The van der Waals surface area contributed by atoms with Gasteiger partial charge in [-0.2, -0.15) is 0 Å². The molecule has 2 rings (SSSR count). The lowest BCUT2D eigenvalue weighted by Gasteiger charge is -2.14. The number of hydrogen-bond acceptors (Lipinski definition) is 2. The van der Waals surface area contributed by atoms with Gasteiger partial charge in [0, 0.05) is 37.6 Å². The number of hydrogen-bond donors (Lipinski definition) is 3. The van der Waals surface area contributed by atoms with E-state index in [9.17, 15) is 4.79 Å². The zero-order valence-corrected chi connectivity index (χ0v) is 14.3. The molecular weight excluding hydrogens is 312 g/mol.